The predicted molar refractivity (Wildman–Crippen MR) is 117 cm³/mol. The second-order valence-electron chi connectivity index (χ2n) is 8.63. The van der Waals surface area contributed by atoms with Crippen LogP contribution in [0.2, 0.25) is 0 Å². The number of nitrogens with zero attached hydrogens (tertiary/aromatic N) is 5. The van der Waals surface area contributed by atoms with Gasteiger partial charge in [-0.25, -0.2) is 9.97 Å². The van der Waals surface area contributed by atoms with Crippen molar-refractivity contribution >= 4 is 18.3 Å². The minimum Gasteiger partial charge on any atom is -0.483 e. The molecule has 2 bridgehead atoms. The fraction of sp³-hybridized carbons (Fsp3) is 0.500. The normalized spacial score (nSPS) is 21.9. The largest absolute Gasteiger partial charge is 0.483 e. The number of likely N-dealkylation sites (tertiary alicyclic amines) is 2. The molecule has 10 heteroatoms. The number of hydrogen-bond acceptors (Lipinski definition) is 7. The van der Waals surface area contributed by atoms with E-state index in [0.29, 0.717) is 31.1 Å². The Morgan fingerprint density at radius 1 is 1.16 bits per heavy atom. The van der Waals surface area contributed by atoms with E-state index in [-0.39, 0.29) is 29.8 Å². The summed E-state index contributed by atoms with van der Waals surface area (Å²) >= 11 is 0. The zero-order chi connectivity index (χ0) is 22.7. The van der Waals surface area contributed by atoms with Crippen molar-refractivity contribution in [1.82, 2.24) is 24.3 Å². The number of carbonyl (C=O) groups excluding carboxylic acids is 1. The first kappa shape index (κ1) is 21.9. The van der Waals surface area contributed by atoms with E-state index in [1.54, 1.807) is 0 Å². The smallest absolute Gasteiger partial charge is 0.290 e. The van der Waals surface area contributed by atoms with Crippen molar-refractivity contribution in [3.05, 3.63) is 51.7 Å². The topological polar surface area (TPSA) is 135 Å². The third-order valence-corrected chi connectivity index (χ3v) is 6.48. The summed E-state index contributed by atoms with van der Waals surface area (Å²) in [5.41, 5.74) is 8.08. The van der Waals surface area contributed by atoms with Gasteiger partial charge in [0.1, 0.15) is 0 Å². The third kappa shape index (κ3) is 4.50. The highest BCUT2D eigenvalue weighted by Gasteiger charge is 2.37. The van der Waals surface area contributed by atoms with Gasteiger partial charge in [0.2, 0.25) is 5.95 Å². The van der Waals surface area contributed by atoms with Gasteiger partial charge in [-0.1, -0.05) is 6.07 Å². The van der Waals surface area contributed by atoms with Crippen molar-refractivity contribution in [3.8, 4) is 0 Å². The van der Waals surface area contributed by atoms with Crippen LogP contribution in [0.1, 0.15) is 46.8 Å². The molecule has 5 heterocycles. The molecule has 0 aromatic carbocycles. The molecule has 32 heavy (non-hydrogen) atoms. The molecule has 2 aromatic heterocycles. The predicted octanol–water partition coefficient (Wildman–Crippen LogP) is 0.777. The Morgan fingerprint density at radius 2 is 1.84 bits per heavy atom. The van der Waals surface area contributed by atoms with Crippen molar-refractivity contribution in [2.24, 2.45) is 5.92 Å². The molecule has 0 unspecified atom stereocenters. The molecule has 0 spiro atoms. The monoisotopic (exact) mass is 440 g/mol. The standard InChI is InChI=1S/C21H26N6O2.CH2O2/c22-21-23-8-17(9-24-21)19(28)26-10-14-7-16(13-26)18-4-3-15(20(29)27(18)11-14)12-25-5-1-2-6-25;2-1-3/h3-4,8-9,14,16H,1-2,5-7,10-13H2,(H2,22,23,24);1H,(H,2,3)/t14-,16+;/m0./s1. The molecule has 10 nitrogen and oxygen atoms in total. The SMILES string of the molecule is Nc1ncc(C(=O)N2C[C@@H]3C[C@H](C2)c2ccc(CN4CCCC4)c(=O)n2C3)cn1.O=CO. The van der Waals surface area contributed by atoms with E-state index >= 15 is 0 Å². The van der Waals surface area contributed by atoms with Crippen molar-refractivity contribution < 1.29 is 14.7 Å². The van der Waals surface area contributed by atoms with E-state index in [9.17, 15) is 9.59 Å². The molecule has 3 aliphatic rings. The molecule has 0 aliphatic carbocycles. The lowest BCUT2D eigenvalue weighted by molar-refractivity contribution is -0.122. The summed E-state index contributed by atoms with van der Waals surface area (Å²) in [4.78, 5) is 46.5. The first-order valence-electron chi connectivity index (χ1n) is 10.9. The van der Waals surface area contributed by atoms with Crippen LogP contribution < -0.4 is 11.3 Å². The van der Waals surface area contributed by atoms with Gasteiger partial charge in [0.05, 0.1) is 5.56 Å². The molecule has 2 saturated heterocycles. The second kappa shape index (κ2) is 9.47. The maximum absolute atomic E-state index is 13.1. The van der Waals surface area contributed by atoms with Crippen molar-refractivity contribution in [1.29, 1.82) is 0 Å². The zero-order valence-corrected chi connectivity index (χ0v) is 17.9. The molecule has 2 aromatic rings. The van der Waals surface area contributed by atoms with E-state index < -0.39 is 0 Å². The molecular weight excluding hydrogens is 412 g/mol. The van der Waals surface area contributed by atoms with Crippen molar-refractivity contribution in [3.63, 3.8) is 0 Å². The highest BCUT2D eigenvalue weighted by molar-refractivity contribution is 5.93. The van der Waals surface area contributed by atoms with Crippen LogP contribution in [-0.4, -0.2) is 68.0 Å². The van der Waals surface area contributed by atoms with Crippen molar-refractivity contribution in [2.75, 3.05) is 31.9 Å². The average molecular weight is 441 g/mol. The van der Waals surface area contributed by atoms with Gasteiger partial charge in [0, 0.05) is 55.7 Å². The van der Waals surface area contributed by atoms with Crippen LogP contribution in [0.3, 0.4) is 0 Å². The summed E-state index contributed by atoms with van der Waals surface area (Å²) in [5, 5.41) is 6.89. The quantitative estimate of drug-likeness (QED) is 0.669. The van der Waals surface area contributed by atoms with Gasteiger partial charge in [-0.05, 0) is 44.3 Å². The summed E-state index contributed by atoms with van der Waals surface area (Å²) < 4.78 is 1.97. The first-order valence-corrected chi connectivity index (χ1v) is 10.9. The van der Waals surface area contributed by atoms with Crippen LogP contribution in [0.5, 0.6) is 0 Å². The van der Waals surface area contributed by atoms with Gasteiger partial charge in [0.25, 0.3) is 17.9 Å². The van der Waals surface area contributed by atoms with Gasteiger partial charge < -0.3 is 20.3 Å². The Bertz CT molecular complexity index is 1030. The fourth-order valence-corrected chi connectivity index (χ4v) is 5.09. The summed E-state index contributed by atoms with van der Waals surface area (Å²) in [6.45, 7) is 4.61. The molecule has 2 atom stereocenters. The maximum Gasteiger partial charge on any atom is 0.290 e. The zero-order valence-electron chi connectivity index (χ0n) is 17.9. The lowest BCUT2D eigenvalue weighted by Crippen LogP contribution is -2.49. The summed E-state index contributed by atoms with van der Waals surface area (Å²) in [5.74, 6) is 0.575. The number of nitrogen functional groups attached to an aromatic ring is 1. The van der Waals surface area contributed by atoms with Crippen LogP contribution in [0.15, 0.2) is 29.3 Å². The van der Waals surface area contributed by atoms with Gasteiger partial charge >= 0.3 is 0 Å². The van der Waals surface area contributed by atoms with Crippen LogP contribution in [0, 0.1) is 5.92 Å². The number of carboxylic acid groups (broad SMARTS) is 1. The van der Waals surface area contributed by atoms with Gasteiger partial charge in [-0.2, -0.15) is 0 Å². The van der Waals surface area contributed by atoms with Crippen LogP contribution in [0.25, 0.3) is 0 Å². The average Bonchev–Trinajstić information content (AvgIpc) is 3.30. The third-order valence-electron chi connectivity index (χ3n) is 6.48. The number of anilines is 1. The van der Waals surface area contributed by atoms with Gasteiger partial charge in [-0.3, -0.25) is 19.3 Å². The molecule has 0 saturated carbocycles. The van der Waals surface area contributed by atoms with Crippen LogP contribution in [-0.2, 0) is 17.9 Å². The van der Waals surface area contributed by atoms with E-state index in [2.05, 4.69) is 20.9 Å². The Labute approximate surface area is 185 Å². The van der Waals surface area contributed by atoms with Crippen molar-refractivity contribution in [2.45, 2.75) is 38.3 Å². The molecule has 2 fully saturated rings. The van der Waals surface area contributed by atoms with Crippen LogP contribution >= 0.6 is 0 Å². The Balaban J connectivity index is 0.000000775. The molecule has 5 rings (SSSR count). The molecule has 3 N–H and O–H groups in total. The van der Waals surface area contributed by atoms with E-state index in [0.717, 1.165) is 37.3 Å². The number of carbonyl (C=O) groups is 2. The van der Waals surface area contributed by atoms with Gasteiger partial charge in [0.15, 0.2) is 0 Å². The highest BCUT2D eigenvalue weighted by Crippen LogP contribution is 2.35. The van der Waals surface area contributed by atoms with Crippen LogP contribution in [0.4, 0.5) is 5.95 Å². The minimum atomic E-state index is -0.250. The Hall–Kier alpha value is -3.27. The fourth-order valence-electron chi connectivity index (χ4n) is 5.09. The Morgan fingerprint density at radius 3 is 2.53 bits per heavy atom. The van der Waals surface area contributed by atoms with E-state index in [1.807, 2.05) is 15.5 Å². The number of fused-ring (bicyclic) bond motifs is 4. The summed E-state index contributed by atoms with van der Waals surface area (Å²) in [7, 11) is 0. The highest BCUT2D eigenvalue weighted by atomic mass is 16.3. The second-order valence-corrected chi connectivity index (χ2v) is 8.63. The number of piperidine rings is 1. The number of pyridine rings is 1. The van der Waals surface area contributed by atoms with E-state index in [4.69, 9.17) is 15.6 Å². The molecule has 170 valence electrons. The minimum absolute atomic E-state index is 0.0684. The number of nitrogens with two attached hydrogens (primary N) is 1. The number of aromatic nitrogens is 3. The number of rotatable bonds is 3. The maximum atomic E-state index is 13.1. The molecule has 1 amide bonds. The summed E-state index contributed by atoms with van der Waals surface area (Å²) in [6.07, 6.45) is 6.43. The number of amides is 1. The summed E-state index contributed by atoms with van der Waals surface area (Å²) in [6, 6.07) is 4.11. The molecular formula is C22H28N6O4. The Kier molecular flexibility index (Phi) is 6.50. The number of hydrogen-bond donors (Lipinski definition) is 2. The molecule has 3 aliphatic heterocycles. The lowest BCUT2D eigenvalue weighted by atomic mass is 9.82. The van der Waals surface area contributed by atoms with E-state index in [1.165, 1.54) is 25.2 Å². The first-order chi connectivity index (χ1) is 15.5. The molecule has 0 radical (unpaired) electrons. The van der Waals surface area contributed by atoms with Gasteiger partial charge in [-0.15, -0.1) is 0 Å². The lowest BCUT2D eigenvalue weighted by Gasteiger charge is -2.43.